The van der Waals surface area contributed by atoms with Crippen LogP contribution < -0.4 is 0 Å². The molecule has 3 rings (SSSR count). The predicted molar refractivity (Wildman–Crippen MR) is 93.6 cm³/mol. The van der Waals surface area contributed by atoms with Gasteiger partial charge in [-0.3, -0.25) is 4.90 Å². The highest BCUT2D eigenvalue weighted by Crippen LogP contribution is 2.39. The highest BCUT2D eigenvalue weighted by Gasteiger charge is 2.38. The van der Waals surface area contributed by atoms with Gasteiger partial charge in [-0.1, -0.05) is 76.1 Å². The molecule has 0 atom stereocenters. The maximum atomic E-state index is 3.48. The van der Waals surface area contributed by atoms with E-state index >= 15 is 0 Å². The van der Waals surface area contributed by atoms with Crippen LogP contribution in [0.4, 0.5) is 0 Å². The Kier molecular flexibility index (Phi) is 4.13. The number of benzene rings is 1. The Balaban J connectivity index is 1.90. The lowest BCUT2D eigenvalue weighted by Crippen LogP contribution is -2.43. The zero-order chi connectivity index (χ0) is 14.3. The summed E-state index contributed by atoms with van der Waals surface area (Å²) in [6.07, 6.45) is 7.08. The molecule has 2 aliphatic rings. The molecule has 0 unspecified atom stereocenters. The molecule has 1 fully saturated rings. The maximum Gasteiger partial charge on any atom is 0.0880 e. The third-order valence-corrected chi connectivity index (χ3v) is 4.94. The highest BCUT2D eigenvalue weighted by molar-refractivity contribution is 9.24. The summed E-state index contributed by atoms with van der Waals surface area (Å²) in [5.74, 6) is 0. The van der Waals surface area contributed by atoms with E-state index in [-0.39, 0.29) is 9.15 Å². The zero-order valence-corrected chi connectivity index (χ0v) is 15.2. The quantitative estimate of drug-likeness (QED) is 0.642. The lowest BCUT2D eigenvalue weighted by atomic mass is 9.77. The van der Waals surface area contributed by atoms with Crippen LogP contribution in [0.5, 0.6) is 0 Å². The molecule has 0 amide bonds. The number of rotatable bonds is 3. The molecular weight excluding hydrogens is 378 g/mol. The van der Waals surface area contributed by atoms with Gasteiger partial charge in [0.1, 0.15) is 0 Å². The van der Waals surface area contributed by atoms with E-state index in [2.05, 4.69) is 81.0 Å². The molecule has 1 aromatic rings. The molecule has 20 heavy (non-hydrogen) atoms. The van der Waals surface area contributed by atoms with Crippen LogP contribution in [0.25, 0.3) is 6.08 Å². The SMILES string of the molecule is CC1(C)CN(C2CC2)Cc2ccc(/C=C/C(Br)Br)cc21. The van der Waals surface area contributed by atoms with Crippen LogP contribution in [0, 0.1) is 0 Å². The molecule has 0 saturated heterocycles. The van der Waals surface area contributed by atoms with E-state index in [0.29, 0.717) is 0 Å². The number of hydrogen-bond donors (Lipinski definition) is 0. The number of hydrogen-bond acceptors (Lipinski definition) is 1. The van der Waals surface area contributed by atoms with Crippen LogP contribution in [0.1, 0.15) is 43.4 Å². The van der Waals surface area contributed by atoms with Crippen molar-refractivity contribution in [2.75, 3.05) is 6.54 Å². The Hall–Kier alpha value is -0.120. The Morgan fingerprint density at radius 3 is 2.70 bits per heavy atom. The highest BCUT2D eigenvalue weighted by atomic mass is 79.9. The van der Waals surface area contributed by atoms with Gasteiger partial charge in [0, 0.05) is 24.5 Å². The first-order valence-electron chi connectivity index (χ1n) is 7.29. The molecule has 0 radical (unpaired) electrons. The Morgan fingerprint density at radius 1 is 1.30 bits per heavy atom. The van der Waals surface area contributed by atoms with Crippen LogP contribution in [0.2, 0.25) is 0 Å². The Labute approximate surface area is 138 Å². The molecule has 0 aromatic heterocycles. The van der Waals surface area contributed by atoms with Gasteiger partial charge in [0.25, 0.3) is 0 Å². The van der Waals surface area contributed by atoms with Crippen molar-refractivity contribution in [3.8, 4) is 0 Å². The topological polar surface area (TPSA) is 3.24 Å². The molecule has 108 valence electrons. The minimum atomic E-state index is 0.240. The molecule has 0 spiro atoms. The monoisotopic (exact) mass is 397 g/mol. The fourth-order valence-corrected chi connectivity index (χ4v) is 3.52. The first-order chi connectivity index (χ1) is 9.45. The van der Waals surface area contributed by atoms with Gasteiger partial charge < -0.3 is 0 Å². The third kappa shape index (κ3) is 3.20. The van der Waals surface area contributed by atoms with Crippen LogP contribution in [0.15, 0.2) is 24.3 Å². The maximum absolute atomic E-state index is 3.48. The first kappa shape index (κ1) is 14.8. The Morgan fingerprint density at radius 2 is 2.05 bits per heavy atom. The summed E-state index contributed by atoms with van der Waals surface area (Å²) < 4.78 is 0.240. The predicted octanol–water partition coefficient (Wildman–Crippen LogP) is 5.07. The molecule has 1 aromatic carbocycles. The summed E-state index contributed by atoms with van der Waals surface area (Å²) in [5.41, 5.74) is 4.58. The summed E-state index contributed by atoms with van der Waals surface area (Å²) in [6, 6.07) is 7.79. The number of halogens is 2. The van der Waals surface area contributed by atoms with Crippen molar-refractivity contribution in [3.63, 3.8) is 0 Å². The third-order valence-electron chi connectivity index (χ3n) is 4.33. The van der Waals surface area contributed by atoms with Gasteiger partial charge in [0.05, 0.1) is 3.74 Å². The fraction of sp³-hybridized carbons (Fsp3) is 0.529. The van der Waals surface area contributed by atoms with E-state index < -0.39 is 0 Å². The van der Waals surface area contributed by atoms with Gasteiger partial charge in [0.2, 0.25) is 0 Å². The molecule has 1 nitrogen and oxygen atoms in total. The van der Waals surface area contributed by atoms with Gasteiger partial charge in [-0.25, -0.2) is 0 Å². The van der Waals surface area contributed by atoms with Crippen LogP contribution >= 0.6 is 31.9 Å². The second kappa shape index (κ2) is 5.58. The molecule has 1 heterocycles. The average molecular weight is 399 g/mol. The van der Waals surface area contributed by atoms with Gasteiger partial charge in [0.15, 0.2) is 0 Å². The van der Waals surface area contributed by atoms with Crippen LogP contribution in [-0.2, 0) is 12.0 Å². The van der Waals surface area contributed by atoms with E-state index in [0.717, 1.165) is 12.6 Å². The molecule has 3 heteroatoms. The molecular formula is C17H21Br2N. The number of alkyl halides is 2. The normalized spacial score (nSPS) is 22.4. The summed E-state index contributed by atoms with van der Waals surface area (Å²) in [6.45, 7) is 7.08. The fourth-order valence-electron chi connectivity index (χ4n) is 3.21. The minimum Gasteiger partial charge on any atom is -0.295 e. The Bertz CT molecular complexity index is 530. The van der Waals surface area contributed by atoms with Crippen molar-refractivity contribution in [3.05, 3.63) is 41.0 Å². The van der Waals surface area contributed by atoms with Crippen molar-refractivity contribution < 1.29 is 0 Å². The number of fused-ring (bicyclic) bond motifs is 1. The van der Waals surface area contributed by atoms with Crippen molar-refractivity contribution in [2.45, 2.75) is 48.4 Å². The largest absolute Gasteiger partial charge is 0.295 e. The van der Waals surface area contributed by atoms with Gasteiger partial charge in [-0.05, 0) is 29.5 Å². The van der Waals surface area contributed by atoms with E-state index in [1.54, 1.807) is 0 Å². The zero-order valence-electron chi connectivity index (χ0n) is 12.1. The summed E-state index contributed by atoms with van der Waals surface area (Å²) >= 11 is 6.97. The van der Waals surface area contributed by atoms with Gasteiger partial charge in [-0.2, -0.15) is 0 Å². The minimum absolute atomic E-state index is 0.240. The van der Waals surface area contributed by atoms with E-state index in [4.69, 9.17) is 0 Å². The lowest BCUT2D eigenvalue weighted by Gasteiger charge is -2.40. The summed E-state index contributed by atoms with van der Waals surface area (Å²) in [7, 11) is 0. The van der Waals surface area contributed by atoms with E-state index in [1.165, 1.54) is 36.1 Å². The average Bonchev–Trinajstić information content (AvgIpc) is 3.20. The van der Waals surface area contributed by atoms with Crippen molar-refractivity contribution in [1.29, 1.82) is 0 Å². The number of allylic oxidation sites excluding steroid dienone is 1. The molecule has 1 saturated carbocycles. The molecule has 1 aliphatic carbocycles. The van der Waals surface area contributed by atoms with Gasteiger partial charge >= 0.3 is 0 Å². The van der Waals surface area contributed by atoms with Crippen LogP contribution in [0.3, 0.4) is 0 Å². The van der Waals surface area contributed by atoms with Crippen molar-refractivity contribution >= 4 is 37.9 Å². The van der Waals surface area contributed by atoms with Crippen molar-refractivity contribution in [2.24, 2.45) is 0 Å². The first-order valence-corrected chi connectivity index (χ1v) is 9.13. The van der Waals surface area contributed by atoms with E-state index in [9.17, 15) is 0 Å². The standard InChI is InChI=1S/C17H21Br2N/c1-17(2)11-20(14-6-7-14)10-13-5-3-12(9-15(13)17)4-8-16(18)19/h3-5,8-9,14,16H,6-7,10-11H2,1-2H3/b8-4+. The van der Waals surface area contributed by atoms with Crippen molar-refractivity contribution in [1.82, 2.24) is 4.90 Å². The molecule has 0 bridgehead atoms. The molecule has 0 N–H and O–H groups in total. The number of nitrogens with zero attached hydrogens (tertiary/aromatic N) is 1. The molecule has 1 aliphatic heterocycles. The summed E-state index contributed by atoms with van der Waals surface area (Å²) in [4.78, 5) is 2.67. The second-order valence-electron chi connectivity index (χ2n) is 6.63. The lowest BCUT2D eigenvalue weighted by molar-refractivity contribution is 0.185. The second-order valence-corrected chi connectivity index (χ2v) is 9.83. The smallest absolute Gasteiger partial charge is 0.0880 e. The van der Waals surface area contributed by atoms with Gasteiger partial charge in [-0.15, -0.1) is 0 Å². The van der Waals surface area contributed by atoms with E-state index in [1.807, 2.05) is 0 Å². The van der Waals surface area contributed by atoms with Crippen LogP contribution in [-0.4, -0.2) is 21.2 Å². The summed E-state index contributed by atoms with van der Waals surface area (Å²) in [5, 5.41) is 0.